The molecule has 1 N–H and O–H groups in total. The van der Waals surface area contributed by atoms with Crippen molar-refractivity contribution in [2.75, 3.05) is 31.1 Å². The highest BCUT2D eigenvalue weighted by molar-refractivity contribution is 5.76. The first-order valence-corrected chi connectivity index (χ1v) is 10.1. The van der Waals surface area contributed by atoms with Crippen LogP contribution in [0.1, 0.15) is 38.5 Å². The van der Waals surface area contributed by atoms with Gasteiger partial charge in [-0.2, -0.15) is 0 Å². The summed E-state index contributed by atoms with van der Waals surface area (Å²) < 4.78 is 5.55. The minimum atomic E-state index is 0.160. The van der Waals surface area contributed by atoms with Crippen LogP contribution >= 0.6 is 0 Å². The van der Waals surface area contributed by atoms with Crippen LogP contribution in [0.15, 0.2) is 30.5 Å². The number of carbonyl (C=O) groups excluding carboxylic acids is 1. The van der Waals surface area contributed by atoms with Crippen molar-refractivity contribution in [3.63, 3.8) is 0 Å². The number of piperidine rings is 1. The Hall–Kier alpha value is -2.21. The molecule has 3 heterocycles. The fourth-order valence-electron chi connectivity index (χ4n) is 4.01. The van der Waals surface area contributed by atoms with Gasteiger partial charge >= 0.3 is 0 Å². The van der Waals surface area contributed by atoms with Gasteiger partial charge in [-0.15, -0.1) is 0 Å². The van der Waals surface area contributed by atoms with Crippen LogP contribution in [0.5, 0.6) is 0 Å². The highest BCUT2D eigenvalue weighted by Gasteiger charge is 2.22. The Morgan fingerprint density at radius 1 is 1.19 bits per heavy atom. The molecular formula is C21H28N4O2. The Kier molecular flexibility index (Phi) is 5.82. The van der Waals surface area contributed by atoms with Gasteiger partial charge in [0, 0.05) is 32.7 Å². The molecule has 1 aromatic carbocycles. The van der Waals surface area contributed by atoms with Crippen molar-refractivity contribution in [2.24, 2.45) is 5.92 Å². The Morgan fingerprint density at radius 3 is 2.78 bits per heavy atom. The van der Waals surface area contributed by atoms with E-state index in [1.807, 2.05) is 30.5 Å². The summed E-state index contributed by atoms with van der Waals surface area (Å²) in [5.41, 5.74) is 1.88. The number of anilines is 1. The van der Waals surface area contributed by atoms with Crippen LogP contribution in [0.25, 0.3) is 11.0 Å². The van der Waals surface area contributed by atoms with E-state index in [9.17, 15) is 4.79 Å². The van der Waals surface area contributed by atoms with Gasteiger partial charge in [0.05, 0.1) is 23.3 Å². The summed E-state index contributed by atoms with van der Waals surface area (Å²) in [6, 6.07) is 7.98. The number of benzene rings is 1. The molecular weight excluding hydrogens is 340 g/mol. The Bertz CT molecular complexity index is 768. The van der Waals surface area contributed by atoms with Gasteiger partial charge in [0.2, 0.25) is 5.91 Å². The Morgan fingerprint density at radius 2 is 2.00 bits per heavy atom. The molecule has 6 nitrogen and oxygen atoms in total. The fraction of sp³-hybridized carbons (Fsp3) is 0.571. The third-order valence-corrected chi connectivity index (χ3v) is 5.70. The van der Waals surface area contributed by atoms with Gasteiger partial charge in [-0.3, -0.25) is 9.78 Å². The Balaban J connectivity index is 1.20. The molecule has 0 bridgehead atoms. The summed E-state index contributed by atoms with van der Waals surface area (Å²) >= 11 is 0. The molecule has 144 valence electrons. The monoisotopic (exact) mass is 368 g/mol. The van der Waals surface area contributed by atoms with E-state index in [1.165, 1.54) is 0 Å². The second kappa shape index (κ2) is 8.65. The smallest absolute Gasteiger partial charge is 0.220 e. The number of hydrogen-bond acceptors (Lipinski definition) is 5. The number of carbonyl (C=O) groups is 1. The first kappa shape index (κ1) is 18.2. The van der Waals surface area contributed by atoms with E-state index in [0.29, 0.717) is 18.9 Å². The molecule has 1 atom stereocenters. The molecule has 2 saturated heterocycles. The lowest BCUT2D eigenvalue weighted by atomic mass is 9.92. The molecule has 6 heteroatoms. The van der Waals surface area contributed by atoms with Gasteiger partial charge in [0.15, 0.2) is 0 Å². The number of aromatic nitrogens is 2. The second-order valence-corrected chi connectivity index (χ2v) is 7.63. The zero-order valence-corrected chi connectivity index (χ0v) is 15.8. The summed E-state index contributed by atoms with van der Waals surface area (Å²) in [6.45, 7) is 3.46. The number of fused-ring (bicyclic) bond motifs is 1. The number of para-hydroxylation sites is 2. The third-order valence-electron chi connectivity index (χ3n) is 5.70. The van der Waals surface area contributed by atoms with Gasteiger partial charge in [0.25, 0.3) is 0 Å². The largest absolute Gasteiger partial charge is 0.376 e. The van der Waals surface area contributed by atoms with Crippen molar-refractivity contribution >= 4 is 22.8 Å². The van der Waals surface area contributed by atoms with E-state index in [2.05, 4.69) is 15.2 Å². The van der Waals surface area contributed by atoms with Gasteiger partial charge < -0.3 is 15.0 Å². The average Bonchev–Trinajstić information content (AvgIpc) is 3.24. The molecule has 1 aromatic heterocycles. The van der Waals surface area contributed by atoms with Crippen molar-refractivity contribution in [1.82, 2.24) is 15.3 Å². The molecule has 4 rings (SSSR count). The number of amides is 1. The molecule has 27 heavy (non-hydrogen) atoms. The summed E-state index contributed by atoms with van der Waals surface area (Å²) in [7, 11) is 0. The van der Waals surface area contributed by atoms with Crippen LogP contribution in [0.4, 0.5) is 5.82 Å². The van der Waals surface area contributed by atoms with Crippen LogP contribution in [0, 0.1) is 5.92 Å². The maximum atomic E-state index is 12.1. The van der Waals surface area contributed by atoms with Crippen LogP contribution in [0.2, 0.25) is 0 Å². The predicted molar refractivity (Wildman–Crippen MR) is 106 cm³/mol. The van der Waals surface area contributed by atoms with Gasteiger partial charge in [-0.25, -0.2) is 4.98 Å². The minimum absolute atomic E-state index is 0.160. The molecule has 1 unspecified atom stereocenters. The van der Waals surface area contributed by atoms with Gasteiger partial charge in [-0.1, -0.05) is 12.1 Å². The summed E-state index contributed by atoms with van der Waals surface area (Å²) in [4.78, 5) is 23.6. The summed E-state index contributed by atoms with van der Waals surface area (Å²) in [5.74, 6) is 1.73. The van der Waals surface area contributed by atoms with E-state index in [-0.39, 0.29) is 12.0 Å². The van der Waals surface area contributed by atoms with Gasteiger partial charge in [-0.05, 0) is 50.2 Å². The fourth-order valence-corrected chi connectivity index (χ4v) is 4.01. The number of nitrogens with one attached hydrogen (secondary N) is 1. The van der Waals surface area contributed by atoms with E-state index >= 15 is 0 Å². The second-order valence-electron chi connectivity index (χ2n) is 7.63. The average molecular weight is 368 g/mol. The standard InChI is InChI=1S/C21H28N4O2/c26-21(23-14-17-4-3-13-27-17)8-7-16-9-11-25(12-10-16)20-15-22-18-5-1-2-6-19(18)24-20/h1-2,5-6,15-17H,3-4,7-14H2,(H,23,26). The molecule has 0 saturated carbocycles. The third kappa shape index (κ3) is 4.75. The normalized spacial score (nSPS) is 20.9. The molecule has 0 radical (unpaired) electrons. The van der Waals surface area contributed by atoms with Crippen LogP contribution in [-0.4, -0.2) is 48.2 Å². The van der Waals surface area contributed by atoms with E-state index in [0.717, 1.165) is 68.7 Å². The quantitative estimate of drug-likeness (QED) is 0.849. The number of hydrogen-bond donors (Lipinski definition) is 1. The topological polar surface area (TPSA) is 67.4 Å². The maximum Gasteiger partial charge on any atom is 0.220 e. The van der Waals surface area contributed by atoms with Crippen molar-refractivity contribution in [3.05, 3.63) is 30.5 Å². The first-order valence-electron chi connectivity index (χ1n) is 10.1. The zero-order valence-electron chi connectivity index (χ0n) is 15.8. The van der Waals surface area contributed by atoms with Crippen LogP contribution in [-0.2, 0) is 9.53 Å². The van der Waals surface area contributed by atoms with Crippen molar-refractivity contribution in [2.45, 2.75) is 44.6 Å². The molecule has 2 aromatic rings. The van der Waals surface area contributed by atoms with Gasteiger partial charge in [0.1, 0.15) is 5.82 Å². The van der Waals surface area contributed by atoms with Crippen molar-refractivity contribution in [1.29, 1.82) is 0 Å². The number of nitrogens with zero attached hydrogens (tertiary/aromatic N) is 3. The molecule has 2 fully saturated rings. The molecule has 0 spiro atoms. The molecule has 2 aliphatic rings. The number of rotatable bonds is 6. The molecule has 1 amide bonds. The number of ether oxygens (including phenoxy) is 1. The minimum Gasteiger partial charge on any atom is -0.376 e. The van der Waals surface area contributed by atoms with Crippen molar-refractivity contribution < 1.29 is 9.53 Å². The van der Waals surface area contributed by atoms with E-state index in [1.54, 1.807) is 0 Å². The maximum absolute atomic E-state index is 12.1. The molecule has 0 aliphatic carbocycles. The lowest BCUT2D eigenvalue weighted by molar-refractivity contribution is -0.121. The van der Waals surface area contributed by atoms with Crippen molar-refractivity contribution in [3.8, 4) is 0 Å². The van der Waals surface area contributed by atoms with E-state index < -0.39 is 0 Å². The SMILES string of the molecule is O=C(CCC1CCN(c2cnc3ccccc3n2)CC1)NCC1CCCO1. The highest BCUT2D eigenvalue weighted by atomic mass is 16.5. The van der Waals surface area contributed by atoms with E-state index in [4.69, 9.17) is 9.72 Å². The molecule has 2 aliphatic heterocycles. The highest BCUT2D eigenvalue weighted by Crippen LogP contribution is 2.25. The summed E-state index contributed by atoms with van der Waals surface area (Å²) in [5, 5.41) is 3.02. The predicted octanol–water partition coefficient (Wildman–Crippen LogP) is 2.92. The Labute approximate surface area is 160 Å². The lowest BCUT2D eigenvalue weighted by Gasteiger charge is -2.32. The van der Waals surface area contributed by atoms with Crippen LogP contribution in [0.3, 0.4) is 0 Å². The first-order chi connectivity index (χ1) is 13.3. The lowest BCUT2D eigenvalue weighted by Crippen LogP contribution is -2.35. The van der Waals surface area contributed by atoms with Crippen LogP contribution < -0.4 is 10.2 Å². The summed E-state index contributed by atoms with van der Waals surface area (Å²) in [6.07, 6.45) is 8.07. The zero-order chi connectivity index (χ0) is 18.5.